The third kappa shape index (κ3) is 4.41. The number of nitrogens with zero attached hydrogens (tertiary/aromatic N) is 4. The molecule has 0 radical (unpaired) electrons. The average Bonchev–Trinajstić information content (AvgIpc) is 3.10. The van der Waals surface area contributed by atoms with Crippen LogP contribution >= 0.6 is 12.4 Å². The van der Waals surface area contributed by atoms with Crippen LogP contribution in [0.5, 0.6) is 0 Å². The van der Waals surface area contributed by atoms with Crippen molar-refractivity contribution >= 4 is 18.3 Å². The molecular formula is C18H26ClN5O2. The Morgan fingerprint density at radius 1 is 1.19 bits per heavy atom. The molecule has 3 rings (SSSR count). The number of carbonyl (C=O) groups is 1. The van der Waals surface area contributed by atoms with Crippen LogP contribution in [0.25, 0.3) is 0 Å². The van der Waals surface area contributed by atoms with Gasteiger partial charge in [-0.2, -0.15) is 4.98 Å². The van der Waals surface area contributed by atoms with Gasteiger partial charge in [0.1, 0.15) is 0 Å². The number of benzene rings is 1. The van der Waals surface area contributed by atoms with Crippen molar-refractivity contribution in [3.8, 4) is 0 Å². The van der Waals surface area contributed by atoms with E-state index in [2.05, 4.69) is 15.0 Å². The Kier molecular flexibility index (Phi) is 6.75. The lowest BCUT2D eigenvalue weighted by Gasteiger charge is -2.38. The summed E-state index contributed by atoms with van der Waals surface area (Å²) in [6, 6.07) is 9.95. The molecular weight excluding hydrogens is 354 g/mol. The summed E-state index contributed by atoms with van der Waals surface area (Å²) in [5.74, 6) is 1.27. The van der Waals surface area contributed by atoms with Crippen LogP contribution in [0.4, 0.5) is 0 Å². The number of rotatable bonds is 5. The Morgan fingerprint density at radius 2 is 1.85 bits per heavy atom. The van der Waals surface area contributed by atoms with E-state index in [1.54, 1.807) is 0 Å². The number of aromatic nitrogens is 2. The van der Waals surface area contributed by atoms with Crippen LogP contribution in [0.1, 0.15) is 31.1 Å². The van der Waals surface area contributed by atoms with E-state index in [-0.39, 0.29) is 24.9 Å². The zero-order valence-electron chi connectivity index (χ0n) is 15.2. The maximum absolute atomic E-state index is 13.0. The predicted octanol–water partition coefficient (Wildman–Crippen LogP) is 1.57. The Balaban J connectivity index is 0.00000243. The molecule has 1 aromatic carbocycles. The van der Waals surface area contributed by atoms with Crippen molar-refractivity contribution in [2.75, 3.05) is 26.2 Å². The molecule has 0 saturated carbocycles. The number of nitrogens with two attached hydrogens (primary N) is 1. The Hall–Kier alpha value is -1.96. The molecule has 1 fully saturated rings. The highest BCUT2D eigenvalue weighted by molar-refractivity contribution is 5.87. The Bertz CT molecular complexity index is 711. The molecule has 1 saturated heterocycles. The molecule has 142 valence electrons. The van der Waals surface area contributed by atoms with E-state index in [0.717, 1.165) is 18.7 Å². The molecule has 0 atom stereocenters. The first-order valence-corrected chi connectivity index (χ1v) is 8.59. The van der Waals surface area contributed by atoms with Crippen LogP contribution < -0.4 is 5.73 Å². The highest BCUT2D eigenvalue weighted by Gasteiger charge is 2.35. The second-order valence-corrected chi connectivity index (χ2v) is 6.87. The summed E-state index contributed by atoms with van der Waals surface area (Å²) < 4.78 is 5.03. The minimum atomic E-state index is -0.521. The molecule has 7 nitrogen and oxygen atoms in total. The van der Waals surface area contributed by atoms with Gasteiger partial charge in [-0.1, -0.05) is 35.5 Å². The largest absolute Gasteiger partial charge is 0.339 e. The van der Waals surface area contributed by atoms with Gasteiger partial charge in [0.25, 0.3) is 0 Å². The molecule has 2 heterocycles. The monoisotopic (exact) mass is 379 g/mol. The fourth-order valence-electron chi connectivity index (χ4n) is 3.12. The molecule has 2 N–H and O–H groups in total. The van der Waals surface area contributed by atoms with Crippen LogP contribution in [0, 0.1) is 0 Å². The highest BCUT2D eigenvalue weighted by Crippen LogP contribution is 2.26. The standard InChI is InChI=1S/C18H25N5O2.ClH/c1-18(2,14-6-4-3-5-7-14)17(24)23-10-8-22(9-11-23)13-15-20-16(12-19)25-21-15;/h3-7H,8-13,19H2,1-2H3;1H. The van der Waals surface area contributed by atoms with Gasteiger partial charge >= 0.3 is 0 Å². The van der Waals surface area contributed by atoms with Crippen molar-refractivity contribution in [1.29, 1.82) is 0 Å². The normalized spacial score (nSPS) is 15.6. The molecule has 0 spiro atoms. The van der Waals surface area contributed by atoms with Gasteiger partial charge in [0.15, 0.2) is 5.82 Å². The van der Waals surface area contributed by atoms with Crippen molar-refractivity contribution in [2.45, 2.75) is 32.4 Å². The number of piperazine rings is 1. The fraction of sp³-hybridized carbons (Fsp3) is 0.500. The van der Waals surface area contributed by atoms with Crippen molar-refractivity contribution in [3.63, 3.8) is 0 Å². The Labute approximate surface area is 159 Å². The van der Waals surface area contributed by atoms with Gasteiger partial charge in [-0.3, -0.25) is 9.69 Å². The summed E-state index contributed by atoms with van der Waals surface area (Å²) in [5, 5.41) is 3.93. The second-order valence-electron chi connectivity index (χ2n) is 6.87. The number of carbonyl (C=O) groups excluding carboxylic acids is 1. The molecule has 1 aliphatic heterocycles. The Morgan fingerprint density at radius 3 is 2.42 bits per heavy atom. The van der Waals surface area contributed by atoms with Gasteiger partial charge in [-0.05, 0) is 19.4 Å². The smallest absolute Gasteiger partial charge is 0.240 e. The SMILES string of the molecule is CC(C)(C(=O)N1CCN(Cc2noc(CN)n2)CC1)c1ccccc1.Cl. The third-order valence-corrected chi connectivity index (χ3v) is 4.74. The molecule has 8 heteroatoms. The van der Waals surface area contributed by atoms with E-state index in [1.807, 2.05) is 49.1 Å². The van der Waals surface area contributed by atoms with Crippen molar-refractivity contribution in [2.24, 2.45) is 5.73 Å². The second kappa shape index (κ2) is 8.62. The zero-order chi connectivity index (χ0) is 17.9. The van der Waals surface area contributed by atoms with E-state index in [1.165, 1.54) is 0 Å². The molecule has 1 aromatic heterocycles. The quantitative estimate of drug-likeness (QED) is 0.848. The predicted molar refractivity (Wildman–Crippen MR) is 101 cm³/mol. The first-order chi connectivity index (χ1) is 12.0. The third-order valence-electron chi connectivity index (χ3n) is 4.74. The number of hydrogen-bond acceptors (Lipinski definition) is 6. The first-order valence-electron chi connectivity index (χ1n) is 8.59. The summed E-state index contributed by atoms with van der Waals surface area (Å²) >= 11 is 0. The minimum absolute atomic E-state index is 0. The highest BCUT2D eigenvalue weighted by atomic mass is 35.5. The van der Waals surface area contributed by atoms with Crippen LogP contribution in [0.3, 0.4) is 0 Å². The lowest BCUT2D eigenvalue weighted by Crippen LogP contribution is -2.52. The van der Waals surface area contributed by atoms with Gasteiger partial charge in [0.05, 0.1) is 18.5 Å². The molecule has 0 bridgehead atoms. The first kappa shape index (κ1) is 20.4. The molecule has 26 heavy (non-hydrogen) atoms. The van der Waals surface area contributed by atoms with E-state index < -0.39 is 5.41 Å². The average molecular weight is 380 g/mol. The van der Waals surface area contributed by atoms with Crippen molar-refractivity contribution < 1.29 is 9.32 Å². The fourth-order valence-corrected chi connectivity index (χ4v) is 3.12. The lowest BCUT2D eigenvalue weighted by molar-refractivity contribution is -0.138. The molecule has 2 aromatic rings. The maximum Gasteiger partial charge on any atom is 0.240 e. The summed E-state index contributed by atoms with van der Waals surface area (Å²) in [6.45, 7) is 7.85. The molecule has 1 aliphatic rings. The molecule has 0 unspecified atom stereocenters. The van der Waals surface area contributed by atoms with Gasteiger partial charge in [-0.15, -0.1) is 12.4 Å². The summed E-state index contributed by atoms with van der Waals surface area (Å²) in [4.78, 5) is 21.4. The van der Waals surface area contributed by atoms with Gasteiger partial charge in [-0.25, -0.2) is 0 Å². The van der Waals surface area contributed by atoms with Crippen molar-refractivity contribution in [1.82, 2.24) is 19.9 Å². The molecule has 0 aliphatic carbocycles. The van der Waals surface area contributed by atoms with E-state index in [4.69, 9.17) is 10.3 Å². The minimum Gasteiger partial charge on any atom is -0.339 e. The summed E-state index contributed by atoms with van der Waals surface area (Å²) in [7, 11) is 0. The van der Waals surface area contributed by atoms with Gasteiger partial charge < -0.3 is 15.2 Å². The van der Waals surface area contributed by atoms with E-state index >= 15 is 0 Å². The number of hydrogen-bond donors (Lipinski definition) is 1. The number of halogens is 1. The topological polar surface area (TPSA) is 88.5 Å². The molecule has 1 amide bonds. The van der Waals surface area contributed by atoms with Crippen LogP contribution in [-0.2, 0) is 23.3 Å². The summed E-state index contributed by atoms with van der Waals surface area (Å²) in [5.41, 5.74) is 6.01. The van der Waals surface area contributed by atoms with Gasteiger partial charge in [0, 0.05) is 26.2 Å². The van der Waals surface area contributed by atoms with Crippen LogP contribution in [-0.4, -0.2) is 52.0 Å². The van der Waals surface area contributed by atoms with Gasteiger partial charge in [0.2, 0.25) is 11.8 Å². The summed E-state index contributed by atoms with van der Waals surface area (Å²) in [6.07, 6.45) is 0. The van der Waals surface area contributed by atoms with Crippen molar-refractivity contribution in [3.05, 3.63) is 47.6 Å². The number of amides is 1. The van der Waals surface area contributed by atoms with Crippen LogP contribution in [0.15, 0.2) is 34.9 Å². The van der Waals surface area contributed by atoms with Crippen LogP contribution in [0.2, 0.25) is 0 Å². The van der Waals surface area contributed by atoms with E-state index in [9.17, 15) is 4.79 Å². The lowest BCUT2D eigenvalue weighted by atomic mass is 9.83. The van der Waals surface area contributed by atoms with E-state index in [0.29, 0.717) is 31.3 Å². The zero-order valence-corrected chi connectivity index (χ0v) is 16.0. The maximum atomic E-state index is 13.0.